The van der Waals surface area contributed by atoms with Gasteiger partial charge in [0.1, 0.15) is 16.5 Å². The average molecular weight is 343 g/mol. The second-order valence-corrected chi connectivity index (χ2v) is 7.79. The van der Waals surface area contributed by atoms with Gasteiger partial charge in [-0.15, -0.1) is 0 Å². The number of nitrogens with one attached hydrogen (secondary N) is 2. The standard InChI is InChI=1S/C10H15F2N3O4S2/c1-20(16,17)14-3-2-4-15-21(18,19)10-6-9(13)7(11)5-8(10)12/h5-6,14-15H,2-4,13H2,1H3. The smallest absolute Gasteiger partial charge is 0.243 e. The van der Waals surface area contributed by atoms with E-state index in [1.807, 2.05) is 0 Å². The maximum absolute atomic E-state index is 13.5. The van der Waals surface area contributed by atoms with Crippen LogP contribution in [0.5, 0.6) is 0 Å². The summed E-state index contributed by atoms with van der Waals surface area (Å²) in [5.74, 6) is -2.31. The van der Waals surface area contributed by atoms with Crippen LogP contribution >= 0.6 is 0 Å². The molecule has 0 aliphatic rings. The van der Waals surface area contributed by atoms with Crippen molar-refractivity contribution < 1.29 is 25.6 Å². The zero-order chi connectivity index (χ0) is 16.3. The fraction of sp³-hybridized carbons (Fsp3) is 0.400. The van der Waals surface area contributed by atoms with Crippen LogP contribution in [0, 0.1) is 11.6 Å². The highest BCUT2D eigenvalue weighted by Gasteiger charge is 2.20. The number of nitrogens with two attached hydrogens (primary N) is 1. The average Bonchev–Trinajstić information content (AvgIpc) is 2.31. The van der Waals surface area contributed by atoms with E-state index < -0.39 is 42.3 Å². The van der Waals surface area contributed by atoms with Crippen molar-refractivity contribution in [3.63, 3.8) is 0 Å². The summed E-state index contributed by atoms with van der Waals surface area (Å²) in [7, 11) is -7.55. The number of halogens is 2. The molecule has 0 atom stereocenters. The van der Waals surface area contributed by atoms with Crippen molar-refractivity contribution in [2.75, 3.05) is 25.1 Å². The fourth-order valence-corrected chi connectivity index (χ4v) is 3.06. The normalized spacial score (nSPS) is 12.5. The van der Waals surface area contributed by atoms with Gasteiger partial charge < -0.3 is 5.73 Å². The number of hydrogen-bond donors (Lipinski definition) is 3. The van der Waals surface area contributed by atoms with Gasteiger partial charge in [-0.05, 0) is 12.5 Å². The van der Waals surface area contributed by atoms with E-state index in [4.69, 9.17) is 5.73 Å². The van der Waals surface area contributed by atoms with E-state index in [1.165, 1.54) is 0 Å². The summed E-state index contributed by atoms with van der Waals surface area (Å²) < 4.78 is 75.8. The Bertz CT molecular complexity index is 720. The van der Waals surface area contributed by atoms with E-state index in [2.05, 4.69) is 9.44 Å². The summed E-state index contributed by atoms with van der Waals surface area (Å²) in [6.45, 7) is -0.100. The summed E-state index contributed by atoms with van der Waals surface area (Å²) in [5.41, 5.74) is 4.71. The maximum atomic E-state index is 13.5. The minimum atomic E-state index is -4.20. The summed E-state index contributed by atoms with van der Waals surface area (Å²) >= 11 is 0. The fourth-order valence-electron chi connectivity index (χ4n) is 1.38. The molecule has 4 N–H and O–H groups in total. The third-order valence-corrected chi connectivity index (χ3v) is 4.56. The first-order chi connectivity index (χ1) is 9.53. The van der Waals surface area contributed by atoms with Gasteiger partial charge in [-0.1, -0.05) is 0 Å². The van der Waals surface area contributed by atoms with Crippen LogP contribution in [-0.2, 0) is 20.0 Å². The molecule has 0 spiro atoms. The van der Waals surface area contributed by atoms with Crippen molar-refractivity contribution in [2.45, 2.75) is 11.3 Å². The molecule has 0 fully saturated rings. The molecule has 1 aromatic carbocycles. The van der Waals surface area contributed by atoms with Gasteiger partial charge in [-0.25, -0.2) is 35.1 Å². The molecule has 11 heteroatoms. The predicted molar refractivity (Wildman–Crippen MR) is 73.4 cm³/mol. The molecule has 120 valence electrons. The Morgan fingerprint density at radius 1 is 1.05 bits per heavy atom. The topological polar surface area (TPSA) is 118 Å². The van der Waals surface area contributed by atoms with E-state index in [0.717, 1.165) is 6.26 Å². The van der Waals surface area contributed by atoms with E-state index in [1.54, 1.807) is 0 Å². The number of sulfonamides is 2. The predicted octanol–water partition coefficient (Wildman–Crippen LogP) is -0.235. The van der Waals surface area contributed by atoms with Crippen molar-refractivity contribution in [1.29, 1.82) is 0 Å². The van der Waals surface area contributed by atoms with Gasteiger partial charge in [0.05, 0.1) is 11.9 Å². The van der Waals surface area contributed by atoms with Crippen molar-refractivity contribution in [3.05, 3.63) is 23.8 Å². The summed E-state index contributed by atoms with van der Waals surface area (Å²) in [5, 5.41) is 0. The summed E-state index contributed by atoms with van der Waals surface area (Å²) in [4.78, 5) is -0.766. The first-order valence-electron chi connectivity index (χ1n) is 5.72. The van der Waals surface area contributed by atoms with Crippen molar-refractivity contribution in [3.8, 4) is 0 Å². The molecule has 0 amide bonds. The van der Waals surface area contributed by atoms with Gasteiger partial charge in [0, 0.05) is 19.2 Å². The van der Waals surface area contributed by atoms with Gasteiger partial charge in [-0.2, -0.15) is 0 Å². The lowest BCUT2D eigenvalue weighted by Crippen LogP contribution is -2.30. The second-order valence-electron chi connectivity index (χ2n) is 4.22. The Morgan fingerprint density at radius 2 is 1.62 bits per heavy atom. The van der Waals surface area contributed by atoms with Crippen molar-refractivity contribution in [1.82, 2.24) is 9.44 Å². The van der Waals surface area contributed by atoms with Gasteiger partial charge in [0.25, 0.3) is 0 Å². The Kier molecular flexibility index (Phi) is 5.61. The highest BCUT2D eigenvalue weighted by atomic mass is 32.2. The number of benzene rings is 1. The number of hydrogen-bond acceptors (Lipinski definition) is 5. The lowest BCUT2D eigenvalue weighted by atomic mass is 10.3. The largest absolute Gasteiger partial charge is 0.396 e. The van der Waals surface area contributed by atoms with E-state index in [0.29, 0.717) is 12.1 Å². The SMILES string of the molecule is CS(=O)(=O)NCCCNS(=O)(=O)c1cc(N)c(F)cc1F. The zero-order valence-corrected chi connectivity index (χ0v) is 12.7. The maximum Gasteiger partial charge on any atom is 0.243 e. The van der Waals surface area contributed by atoms with Gasteiger partial charge in [0.15, 0.2) is 0 Å². The zero-order valence-electron chi connectivity index (χ0n) is 11.1. The number of nitrogen functional groups attached to an aromatic ring is 1. The summed E-state index contributed by atoms with van der Waals surface area (Å²) in [6, 6.07) is 1.07. The van der Waals surface area contributed by atoms with Crippen molar-refractivity contribution in [2.24, 2.45) is 0 Å². The molecule has 0 aliphatic heterocycles. The van der Waals surface area contributed by atoms with Crippen LogP contribution in [0.2, 0.25) is 0 Å². The summed E-state index contributed by atoms with van der Waals surface area (Å²) in [6.07, 6.45) is 1.12. The second kappa shape index (κ2) is 6.64. The van der Waals surface area contributed by atoms with Gasteiger partial charge >= 0.3 is 0 Å². The molecule has 7 nitrogen and oxygen atoms in total. The number of rotatable bonds is 7. The molecule has 0 unspecified atom stereocenters. The third-order valence-electron chi connectivity index (χ3n) is 2.35. The number of anilines is 1. The van der Waals surface area contributed by atoms with Crippen LogP contribution in [0.15, 0.2) is 17.0 Å². The molecule has 21 heavy (non-hydrogen) atoms. The first-order valence-corrected chi connectivity index (χ1v) is 9.09. The van der Waals surface area contributed by atoms with Crippen LogP contribution in [0.4, 0.5) is 14.5 Å². The molecular formula is C10H15F2N3O4S2. The quantitative estimate of drug-likeness (QED) is 0.467. The van der Waals surface area contributed by atoms with E-state index in [9.17, 15) is 25.6 Å². The highest BCUT2D eigenvalue weighted by Crippen LogP contribution is 2.20. The van der Waals surface area contributed by atoms with Gasteiger partial charge in [0.2, 0.25) is 20.0 Å². The Labute approximate surface area is 121 Å². The van der Waals surface area contributed by atoms with Crippen LogP contribution in [0.3, 0.4) is 0 Å². The molecular weight excluding hydrogens is 328 g/mol. The van der Waals surface area contributed by atoms with Crippen LogP contribution in [-0.4, -0.2) is 36.2 Å². The molecule has 0 radical (unpaired) electrons. The van der Waals surface area contributed by atoms with Gasteiger partial charge in [-0.3, -0.25) is 0 Å². The van der Waals surface area contributed by atoms with Crippen LogP contribution in [0.25, 0.3) is 0 Å². The van der Waals surface area contributed by atoms with Crippen LogP contribution in [0.1, 0.15) is 6.42 Å². The molecule has 0 saturated carbocycles. The van der Waals surface area contributed by atoms with E-state index in [-0.39, 0.29) is 19.5 Å². The third kappa shape index (κ3) is 5.53. The lowest BCUT2D eigenvalue weighted by Gasteiger charge is -2.09. The van der Waals surface area contributed by atoms with E-state index >= 15 is 0 Å². The minimum Gasteiger partial charge on any atom is -0.396 e. The molecule has 1 rings (SSSR count). The highest BCUT2D eigenvalue weighted by molar-refractivity contribution is 7.89. The lowest BCUT2D eigenvalue weighted by molar-refractivity contribution is 0.543. The molecule has 0 aliphatic carbocycles. The molecule has 0 saturated heterocycles. The Morgan fingerprint density at radius 3 is 2.19 bits per heavy atom. The monoisotopic (exact) mass is 343 g/mol. The minimum absolute atomic E-state index is 0.0232. The first kappa shape index (κ1) is 17.8. The van der Waals surface area contributed by atoms with Crippen LogP contribution < -0.4 is 15.2 Å². The van der Waals surface area contributed by atoms with Crippen molar-refractivity contribution >= 4 is 25.7 Å². The Balaban J connectivity index is 2.68. The molecule has 0 aromatic heterocycles. The molecule has 1 aromatic rings. The molecule has 0 bridgehead atoms. The Hall–Kier alpha value is -1.30. The molecule has 0 heterocycles.